The fourth-order valence-electron chi connectivity index (χ4n) is 8.91. The van der Waals surface area contributed by atoms with E-state index in [-0.39, 0.29) is 0 Å². The molecule has 0 bridgehead atoms. The van der Waals surface area contributed by atoms with Crippen LogP contribution in [0.2, 0.25) is 0 Å². The Morgan fingerprint density at radius 3 is 1.68 bits per heavy atom. The van der Waals surface area contributed by atoms with Gasteiger partial charge in [-0.3, -0.25) is 0 Å². The van der Waals surface area contributed by atoms with Crippen LogP contribution >= 0.6 is 0 Å². The summed E-state index contributed by atoms with van der Waals surface area (Å²) in [5.41, 5.74) is 12.5. The molecule has 262 valence electrons. The lowest BCUT2D eigenvalue weighted by Crippen LogP contribution is -2.02. The van der Waals surface area contributed by atoms with Crippen LogP contribution in [-0.2, 0) is 0 Å². The van der Waals surface area contributed by atoms with E-state index in [9.17, 15) is 5.26 Å². The lowest BCUT2D eigenvalue weighted by Gasteiger charge is -2.18. The second-order valence-electron chi connectivity index (χ2n) is 14.2. The molecule has 0 aliphatic rings. The second-order valence-corrected chi connectivity index (χ2v) is 14.2. The zero-order valence-electron chi connectivity index (χ0n) is 30.3. The van der Waals surface area contributed by atoms with Crippen molar-refractivity contribution in [1.82, 2.24) is 13.7 Å². The summed E-state index contributed by atoms with van der Waals surface area (Å²) in [6.45, 7) is 16.3. The summed E-state index contributed by atoms with van der Waals surface area (Å²) in [6.07, 6.45) is 0. The summed E-state index contributed by atoms with van der Waals surface area (Å²) >= 11 is 0. The predicted molar refractivity (Wildman–Crippen MR) is 232 cm³/mol. The van der Waals surface area contributed by atoms with Crippen LogP contribution in [0, 0.1) is 24.5 Å². The maximum absolute atomic E-state index is 9.82. The van der Waals surface area contributed by atoms with Crippen molar-refractivity contribution < 1.29 is 0 Å². The van der Waals surface area contributed by atoms with Gasteiger partial charge in [0.25, 0.3) is 0 Å². The van der Waals surface area contributed by atoms with Crippen LogP contribution in [0.3, 0.4) is 0 Å². The van der Waals surface area contributed by atoms with Crippen LogP contribution in [0.5, 0.6) is 0 Å². The molecular formula is C51H28N6. The van der Waals surface area contributed by atoms with Gasteiger partial charge in [-0.05, 0) is 83.7 Å². The van der Waals surface area contributed by atoms with Gasteiger partial charge in [0.2, 0.25) is 5.69 Å². The normalized spacial score (nSPS) is 11.5. The van der Waals surface area contributed by atoms with Gasteiger partial charge in [-0.25, -0.2) is 9.69 Å². The molecule has 0 unspecified atom stereocenters. The third-order valence-corrected chi connectivity index (χ3v) is 11.3. The Hall–Kier alpha value is -8.37. The molecular weight excluding hydrogens is 697 g/mol. The largest absolute Gasteiger partial charge is 0.319 e. The summed E-state index contributed by atoms with van der Waals surface area (Å²) in [5, 5.41) is 16.2. The number of hydrogen-bond acceptors (Lipinski definition) is 1. The Morgan fingerprint density at radius 2 is 0.982 bits per heavy atom. The standard InChI is InChI=1S/C51H28N6/c1-53-34-24-27-48-41(30-34)39-16-11-21-50(56-46-20-10-6-15-38(46)40-28-32(31-52)22-25-47(40)56)51(39)57(48)43-17-7-3-12-35(43)33-23-26-49(42(29-33)54-2)55-44-18-8-4-13-36(44)37-14-5-9-19-45(37)55/h3-30H. The Balaban J connectivity index is 1.20. The van der Waals surface area contributed by atoms with E-state index in [2.05, 4.69) is 127 Å². The van der Waals surface area contributed by atoms with Gasteiger partial charge in [0.1, 0.15) is 0 Å². The van der Waals surface area contributed by atoms with Crippen molar-refractivity contribution in [3.8, 4) is 34.3 Å². The number of fused-ring (bicyclic) bond motifs is 9. The highest BCUT2D eigenvalue weighted by atomic mass is 15.1. The predicted octanol–water partition coefficient (Wildman–Crippen LogP) is 13.6. The average molecular weight is 725 g/mol. The van der Waals surface area contributed by atoms with Crippen molar-refractivity contribution in [2.24, 2.45) is 0 Å². The Bertz CT molecular complexity index is 3580. The van der Waals surface area contributed by atoms with Gasteiger partial charge < -0.3 is 13.7 Å². The maximum Gasteiger partial charge on any atom is 0.211 e. The zero-order chi connectivity index (χ0) is 38.2. The fraction of sp³-hybridized carbons (Fsp3) is 0. The minimum absolute atomic E-state index is 0.556. The lowest BCUT2D eigenvalue weighted by molar-refractivity contribution is 1.13. The van der Waals surface area contributed by atoms with Crippen molar-refractivity contribution in [2.75, 3.05) is 0 Å². The molecule has 0 radical (unpaired) electrons. The number of nitriles is 1. The number of aromatic nitrogens is 3. The van der Waals surface area contributed by atoms with Gasteiger partial charge >= 0.3 is 0 Å². The van der Waals surface area contributed by atoms with E-state index in [0.717, 1.165) is 93.6 Å². The minimum atomic E-state index is 0.556. The summed E-state index contributed by atoms with van der Waals surface area (Å²) in [7, 11) is 0. The zero-order valence-corrected chi connectivity index (χ0v) is 30.3. The van der Waals surface area contributed by atoms with E-state index < -0.39 is 0 Å². The number of para-hydroxylation sites is 5. The first kappa shape index (κ1) is 32.1. The molecule has 0 aliphatic carbocycles. The first-order chi connectivity index (χ1) is 28.2. The van der Waals surface area contributed by atoms with Crippen LogP contribution in [0.15, 0.2) is 170 Å². The summed E-state index contributed by atoms with van der Waals surface area (Å²) in [4.78, 5) is 7.94. The molecule has 57 heavy (non-hydrogen) atoms. The minimum Gasteiger partial charge on any atom is -0.319 e. The van der Waals surface area contributed by atoms with Crippen LogP contribution in [0.4, 0.5) is 11.4 Å². The molecule has 0 fully saturated rings. The summed E-state index contributed by atoms with van der Waals surface area (Å²) in [5.74, 6) is 0. The SMILES string of the molecule is [C-]#[N+]c1ccc2c(c1)c1cccc(-n3c4ccccc4c4cc(C#N)ccc43)c1n2-c1ccccc1-c1ccc(-n2c3ccccc3c3ccccc32)c([N+]#[C-])c1. The summed E-state index contributed by atoms with van der Waals surface area (Å²) in [6, 6.07) is 60.1. The topological polar surface area (TPSA) is 47.3 Å². The third-order valence-electron chi connectivity index (χ3n) is 11.3. The molecule has 11 rings (SSSR count). The van der Waals surface area contributed by atoms with Crippen LogP contribution in [0.25, 0.3) is 103 Å². The van der Waals surface area contributed by atoms with Gasteiger partial charge in [0, 0.05) is 32.5 Å². The van der Waals surface area contributed by atoms with E-state index in [1.165, 1.54) is 0 Å². The maximum atomic E-state index is 9.82. The molecule has 6 heteroatoms. The second kappa shape index (κ2) is 12.3. The van der Waals surface area contributed by atoms with Gasteiger partial charge in [-0.2, -0.15) is 5.26 Å². The molecule has 0 saturated heterocycles. The number of benzene rings is 8. The lowest BCUT2D eigenvalue weighted by atomic mass is 10.0. The van der Waals surface area contributed by atoms with Crippen molar-refractivity contribution in [3.05, 3.63) is 198 Å². The van der Waals surface area contributed by atoms with Crippen LogP contribution in [-0.4, -0.2) is 13.7 Å². The molecule has 0 atom stereocenters. The molecule has 6 nitrogen and oxygen atoms in total. The Kier molecular flexibility index (Phi) is 6.95. The Morgan fingerprint density at radius 1 is 0.421 bits per heavy atom. The van der Waals surface area contributed by atoms with Crippen molar-refractivity contribution >= 4 is 76.8 Å². The first-order valence-electron chi connectivity index (χ1n) is 18.6. The van der Waals surface area contributed by atoms with Gasteiger partial charge in [0.05, 0.1) is 74.9 Å². The highest BCUT2D eigenvalue weighted by Gasteiger charge is 2.23. The van der Waals surface area contributed by atoms with E-state index in [1.54, 1.807) is 0 Å². The van der Waals surface area contributed by atoms with E-state index >= 15 is 0 Å². The molecule has 0 N–H and O–H groups in total. The number of hydrogen-bond donors (Lipinski definition) is 0. The smallest absolute Gasteiger partial charge is 0.211 e. The third kappa shape index (κ3) is 4.61. The summed E-state index contributed by atoms with van der Waals surface area (Å²) < 4.78 is 6.80. The molecule has 3 heterocycles. The molecule has 8 aromatic carbocycles. The monoisotopic (exact) mass is 724 g/mol. The highest BCUT2D eigenvalue weighted by molar-refractivity contribution is 6.16. The van der Waals surface area contributed by atoms with Gasteiger partial charge in [-0.1, -0.05) is 97.1 Å². The number of nitrogens with zero attached hydrogens (tertiary/aromatic N) is 6. The fourth-order valence-corrected chi connectivity index (χ4v) is 8.91. The van der Waals surface area contributed by atoms with E-state index in [4.69, 9.17) is 13.1 Å². The average Bonchev–Trinajstić information content (AvgIpc) is 3.91. The molecule has 0 spiro atoms. The van der Waals surface area contributed by atoms with E-state index in [1.807, 2.05) is 72.8 Å². The van der Waals surface area contributed by atoms with Crippen molar-refractivity contribution in [1.29, 1.82) is 5.26 Å². The van der Waals surface area contributed by atoms with E-state index in [0.29, 0.717) is 16.9 Å². The van der Waals surface area contributed by atoms with Crippen LogP contribution in [0.1, 0.15) is 5.56 Å². The molecule has 0 aliphatic heterocycles. The van der Waals surface area contributed by atoms with Crippen LogP contribution < -0.4 is 0 Å². The highest BCUT2D eigenvalue weighted by Crippen LogP contribution is 2.44. The quantitative estimate of drug-likeness (QED) is 0.167. The molecule has 0 amide bonds. The molecule has 11 aromatic rings. The first-order valence-corrected chi connectivity index (χ1v) is 18.6. The molecule has 0 saturated carbocycles. The van der Waals surface area contributed by atoms with Crippen molar-refractivity contribution in [3.63, 3.8) is 0 Å². The molecule has 3 aromatic heterocycles. The number of rotatable bonds is 4. The van der Waals surface area contributed by atoms with Crippen molar-refractivity contribution in [2.45, 2.75) is 0 Å². The van der Waals surface area contributed by atoms with Gasteiger partial charge in [-0.15, -0.1) is 0 Å². The van der Waals surface area contributed by atoms with Gasteiger partial charge in [0.15, 0.2) is 5.69 Å². The Labute approximate surface area is 327 Å².